The maximum atomic E-state index is 12.8. The van der Waals surface area contributed by atoms with Gasteiger partial charge >= 0.3 is 5.97 Å². The van der Waals surface area contributed by atoms with Crippen LogP contribution < -0.4 is 10.1 Å². The zero-order valence-corrected chi connectivity index (χ0v) is 18.3. The lowest BCUT2D eigenvalue weighted by Gasteiger charge is -2.08. The zero-order chi connectivity index (χ0) is 22.1. The van der Waals surface area contributed by atoms with Crippen LogP contribution in [-0.4, -0.2) is 55.1 Å². The molecular weight excluding hydrogens is 398 g/mol. The number of hydrogen-bond acceptors (Lipinski definition) is 6. The van der Waals surface area contributed by atoms with E-state index in [4.69, 9.17) is 14.2 Å². The summed E-state index contributed by atoms with van der Waals surface area (Å²) in [5.41, 5.74) is 3.01. The quantitative estimate of drug-likeness (QED) is 0.538. The molecule has 3 rings (SSSR count). The molecule has 1 aromatic heterocycles. The second kappa shape index (κ2) is 11.5. The van der Waals surface area contributed by atoms with Crippen molar-refractivity contribution in [2.45, 2.75) is 45.6 Å². The first-order chi connectivity index (χ1) is 15.1. The average molecular weight is 430 g/mol. The molecule has 0 aliphatic carbocycles. The van der Waals surface area contributed by atoms with E-state index in [9.17, 15) is 9.59 Å². The van der Waals surface area contributed by atoms with Crippen molar-refractivity contribution in [2.75, 3.05) is 33.5 Å². The van der Waals surface area contributed by atoms with Gasteiger partial charge in [0.1, 0.15) is 11.4 Å². The Morgan fingerprint density at radius 2 is 2.00 bits per heavy atom. The molecule has 0 atom stereocenters. The third-order valence-electron chi connectivity index (χ3n) is 5.23. The number of esters is 1. The molecule has 0 fully saturated rings. The fourth-order valence-corrected chi connectivity index (χ4v) is 3.62. The van der Waals surface area contributed by atoms with E-state index in [0.717, 1.165) is 30.5 Å². The van der Waals surface area contributed by atoms with E-state index in [1.807, 2.05) is 6.92 Å². The SMILES string of the molecule is CCn1nc(CCCOC(=O)c2ccc(OC)cc2)c2c1C(=O)NCCCOCCC2. The van der Waals surface area contributed by atoms with Crippen molar-refractivity contribution >= 4 is 11.9 Å². The molecule has 31 heavy (non-hydrogen) atoms. The van der Waals surface area contributed by atoms with Gasteiger partial charge in [-0.2, -0.15) is 5.10 Å². The van der Waals surface area contributed by atoms with E-state index in [0.29, 0.717) is 56.2 Å². The molecule has 2 heterocycles. The topological polar surface area (TPSA) is 91.7 Å². The number of aromatic nitrogens is 2. The fourth-order valence-electron chi connectivity index (χ4n) is 3.62. The maximum absolute atomic E-state index is 12.8. The summed E-state index contributed by atoms with van der Waals surface area (Å²) in [5.74, 6) is 0.247. The van der Waals surface area contributed by atoms with Gasteiger partial charge in [-0.3, -0.25) is 9.48 Å². The van der Waals surface area contributed by atoms with Gasteiger partial charge in [0.25, 0.3) is 5.91 Å². The predicted octanol–water partition coefficient (Wildman–Crippen LogP) is 2.78. The number of rotatable bonds is 7. The van der Waals surface area contributed by atoms with Crippen molar-refractivity contribution in [3.8, 4) is 5.75 Å². The van der Waals surface area contributed by atoms with E-state index in [1.54, 1.807) is 36.1 Å². The summed E-state index contributed by atoms with van der Waals surface area (Å²) < 4.78 is 17.9. The Morgan fingerprint density at radius 1 is 1.23 bits per heavy atom. The summed E-state index contributed by atoms with van der Waals surface area (Å²) >= 11 is 0. The lowest BCUT2D eigenvalue weighted by atomic mass is 10.0. The summed E-state index contributed by atoms with van der Waals surface area (Å²) in [7, 11) is 1.58. The highest BCUT2D eigenvalue weighted by Gasteiger charge is 2.22. The lowest BCUT2D eigenvalue weighted by molar-refractivity contribution is 0.0500. The van der Waals surface area contributed by atoms with Gasteiger partial charge in [-0.1, -0.05) is 0 Å². The molecule has 2 aromatic rings. The first-order valence-electron chi connectivity index (χ1n) is 10.9. The Labute approximate surface area is 182 Å². The second-order valence-corrected chi connectivity index (χ2v) is 7.38. The van der Waals surface area contributed by atoms with Crippen LogP contribution in [0.15, 0.2) is 24.3 Å². The van der Waals surface area contributed by atoms with Crippen LogP contribution in [0.25, 0.3) is 0 Å². The van der Waals surface area contributed by atoms with Crippen LogP contribution in [0.4, 0.5) is 0 Å². The minimum atomic E-state index is -0.363. The number of methoxy groups -OCH3 is 1. The number of hydrogen-bond donors (Lipinski definition) is 1. The molecule has 8 heteroatoms. The van der Waals surface area contributed by atoms with Gasteiger partial charge in [-0.15, -0.1) is 0 Å². The molecule has 8 nitrogen and oxygen atoms in total. The molecule has 0 bridgehead atoms. The highest BCUT2D eigenvalue weighted by Crippen LogP contribution is 2.20. The predicted molar refractivity (Wildman–Crippen MR) is 116 cm³/mol. The smallest absolute Gasteiger partial charge is 0.338 e. The van der Waals surface area contributed by atoms with Crippen molar-refractivity contribution in [3.05, 3.63) is 46.8 Å². The standard InChI is InChI=1S/C23H31N3O5/c1-3-26-21-19(7-4-14-30-15-6-13-24-22(21)27)20(25-26)8-5-16-31-23(28)17-9-11-18(29-2)12-10-17/h9-12H,3-8,13-16H2,1-2H3,(H,24,27). The van der Waals surface area contributed by atoms with Crippen molar-refractivity contribution in [2.24, 2.45) is 0 Å². The van der Waals surface area contributed by atoms with Gasteiger partial charge in [0.05, 0.1) is 25.0 Å². The van der Waals surface area contributed by atoms with Crippen LogP contribution >= 0.6 is 0 Å². The van der Waals surface area contributed by atoms with E-state index in [1.165, 1.54) is 0 Å². The van der Waals surface area contributed by atoms with Crippen molar-refractivity contribution < 1.29 is 23.8 Å². The van der Waals surface area contributed by atoms with Crippen LogP contribution in [0.1, 0.15) is 58.3 Å². The monoisotopic (exact) mass is 429 g/mol. The minimum absolute atomic E-state index is 0.0802. The van der Waals surface area contributed by atoms with Crippen molar-refractivity contribution in [3.63, 3.8) is 0 Å². The van der Waals surface area contributed by atoms with Crippen molar-refractivity contribution in [1.29, 1.82) is 0 Å². The summed E-state index contributed by atoms with van der Waals surface area (Å²) in [4.78, 5) is 25.0. The molecule has 1 amide bonds. The number of benzene rings is 1. The molecule has 1 N–H and O–H groups in total. The number of nitrogens with one attached hydrogen (secondary N) is 1. The molecule has 1 aliphatic heterocycles. The Balaban J connectivity index is 1.62. The van der Waals surface area contributed by atoms with Crippen LogP contribution in [0.5, 0.6) is 5.75 Å². The summed E-state index contributed by atoms with van der Waals surface area (Å²) in [6.45, 7) is 4.80. The molecule has 0 unspecified atom stereocenters. The lowest BCUT2D eigenvalue weighted by Crippen LogP contribution is -2.28. The number of carbonyl (C=O) groups excluding carboxylic acids is 2. The number of fused-ring (bicyclic) bond motifs is 1. The summed E-state index contributed by atoms with van der Waals surface area (Å²) in [6, 6.07) is 6.82. The van der Waals surface area contributed by atoms with Crippen molar-refractivity contribution in [1.82, 2.24) is 15.1 Å². The van der Waals surface area contributed by atoms with Gasteiger partial charge in [0.2, 0.25) is 0 Å². The number of carbonyl (C=O) groups is 2. The zero-order valence-electron chi connectivity index (χ0n) is 18.3. The molecule has 1 aromatic carbocycles. The molecule has 0 spiro atoms. The van der Waals surface area contributed by atoms with Crippen LogP contribution in [0.3, 0.4) is 0 Å². The van der Waals surface area contributed by atoms with Gasteiger partial charge in [0.15, 0.2) is 0 Å². The minimum Gasteiger partial charge on any atom is -0.497 e. The normalized spacial score (nSPS) is 14.8. The first kappa shape index (κ1) is 22.8. The van der Waals surface area contributed by atoms with Gasteiger partial charge in [0, 0.05) is 31.9 Å². The molecular formula is C23H31N3O5. The third-order valence-corrected chi connectivity index (χ3v) is 5.23. The van der Waals surface area contributed by atoms with Gasteiger partial charge < -0.3 is 19.5 Å². The fraction of sp³-hybridized carbons (Fsp3) is 0.522. The Morgan fingerprint density at radius 3 is 2.74 bits per heavy atom. The van der Waals surface area contributed by atoms with Crippen LogP contribution in [0, 0.1) is 0 Å². The number of amides is 1. The highest BCUT2D eigenvalue weighted by molar-refractivity contribution is 5.94. The largest absolute Gasteiger partial charge is 0.497 e. The van der Waals surface area contributed by atoms with E-state index < -0.39 is 0 Å². The molecule has 0 radical (unpaired) electrons. The van der Waals surface area contributed by atoms with Gasteiger partial charge in [-0.05, 0) is 63.3 Å². The molecule has 0 saturated carbocycles. The summed E-state index contributed by atoms with van der Waals surface area (Å²) in [6.07, 6.45) is 3.65. The van der Waals surface area contributed by atoms with E-state index in [2.05, 4.69) is 10.4 Å². The maximum Gasteiger partial charge on any atom is 0.338 e. The second-order valence-electron chi connectivity index (χ2n) is 7.38. The Kier molecular flexibility index (Phi) is 8.46. The highest BCUT2D eigenvalue weighted by atomic mass is 16.5. The Hall–Kier alpha value is -2.87. The number of aryl methyl sites for hydroxylation is 2. The third kappa shape index (κ3) is 6.07. The molecule has 0 saturated heterocycles. The number of nitrogens with zero attached hydrogens (tertiary/aromatic N) is 2. The van der Waals surface area contributed by atoms with Crippen LogP contribution in [0.2, 0.25) is 0 Å². The molecule has 1 aliphatic rings. The Bertz CT molecular complexity index is 876. The average Bonchev–Trinajstić information content (AvgIpc) is 3.13. The molecule has 168 valence electrons. The summed E-state index contributed by atoms with van der Waals surface area (Å²) in [5, 5.41) is 7.66. The van der Waals surface area contributed by atoms with E-state index >= 15 is 0 Å². The first-order valence-corrected chi connectivity index (χ1v) is 10.9. The van der Waals surface area contributed by atoms with Crippen LogP contribution in [-0.2, 0) is 28.9 Å². The van der Waals surface area contributed by atoms with E-state index in [-0.39, 0.29) is 18.5 Å². The number of ether oxygens (including phenoxy) is 3. The van der Waals surface area contributed by atoms with Gasteiger partial charge in [-0.25, -0.2) is 4.79 Å².